The molecule has 0 fully saturated rings. The molecule has 0 atom stereocenters. The van der Waals surface area contributed by atoms with Crippen LogP contribution in [0.15, 0.2) is 12.7 Å². The Bertz CT molecular complexity index is 36.2. The number of allylic oxidation sites excluding steroid dienone is 1. The Balaban J connectivity index is 2.65. The van der Waals surface area contributed by atoms with Crippen molar-refractivity contribution in [2.24, 2.45) is 0 Å². The van der Waals surface area contributed by atoms with Crippen LogP contribution in [-0.4, -0.2) is 17.4 Å². The molecule has 0 aromatic carbocycles. The molecule has 0 amide bonds. The summed E-state index contributed by atoms with van der Waals surface area (Å²) in [5.41, 5.74) is 0. The summed E-state index contributed by atoms with van der Waals surface area (Å²) < 4.78 is 9.61. The second-order valence-corrected chi connectivity index (χ2v) is 2.38. The van der Waals surface area contributed by atoms with Gasteiger partial charge in [0.15, 0.2) is 0 Å². The SMILES string of the molecule is C=C[CH2][Ga]=[O]. The second kappa shape index (κ2) is 4.18. The van der Waals surface area contributed by atoms with Gasteiger partial charge in [-0.25, -0.2) is 0 Å². The van der Waals surface area contributed by atoms with E-state index in [9.17, 15) is 3.54 Å². The molecule has 0 radical (unpaired) electrons. The monoisotopic (exact) mass is 126 g/mol. The van der Waals surface area contributed by atoms with Gasteiger partial charge in [0.05, 0.1) is 0 Å². The predicted molar refractivity (Wildman–Crippen MR) is 21.4 cm³/mol. The second-order valence-electron chi connectivity index (χ2n) is 0.691. The molecule has 0 spiro atoms. The van der Waals surface area contributed by atoms with E-state index in [2.05, 4.69) is 6.58 Å². The van der Waals surface area contributed by atoms with Gasteiger partial charge < -0.3 is 0 Å². The number of rotatable bonds is 2. The van der Waals surface area contributed by atoms with Crippen LogP contribution in [0.25, 0.3) is 0 Å². The van der Waals surface area contributed by atoms with E-state index in [1.165, 1.54) is 0 Å². The molecule has 0 unspecified atom stereocenters. The van der Waals surface area contributed by atoms with Crippen LogP contribution in [0.2, 0.25) is 4.98 Å². The first-order chi connectivity index (χ1) is 2.41. The van der Waals surface area contributed by atoms with Crippen molar-refractivity contribution in [2.45, 2.75) is 4.98 Å². The average Bonchev–Trinajstić information content (AvgIpc) is 1.41. The topological polar surface area (TPSA) is 17.1 Å². The Morgan fingerprint density at radius 1 is 2.00 bits per heavy atom. The van der Waals surface area contributed by atoms with Gasteiger partial charge >= 0.3 is 38.5 Å². The normalized spacial score (nSPS) is 5.60. The Hall–Kier alpha value is 0.176. The van der Waals surface area contributed by atoms with Gasteiger partial charge in [-0.3, -0.25) is 0 Å². The Morgan fingerprint density at radius 2 is 2.60 bits per heavy atom. The summed E-state index contributed by atoms with van der Waals surface area (Å²) in [6.45, 7) is 3.39. The summed E-state index contributed by atoms with van der Waals surface area (Å²) in [4.78, 5) is 0.753. The summed E-state index contributed by atoms with van der Waals surface area (Å²) >= 11 is -1.07. The molecule has 0 aliphatic heterocycles. The zero-order valence-corrected chi connectivity index (χ0v) is 5.40. The summed E-state index contributed by atoms with van der Waals surface area (Å²) in [5.74, 6) is 0. The van der Waals surface area contributed by atoms with Crippen molar-refractivity contribution in [1.82, 2.24) is 0 Å². The van der Waals surface area contributed by atoms with E-state index in [4.69, 9.17) is 0 Å². The van der Waals surface area contributed by atoms with Crippen LogP contribution in [0.3, 0.4) is 0 Å². The molecule has 0 aromatic heterocycles. The van der Waals surface area contributed by atoms with Crippen LogP contribution in [0.5, 0.6) is 0 Å². The Labute approximate surface area is 39.1 Å². The quantitative estimate of drug-likeness (QED) is 0.392. The standard InChI is InChI=1S/C3H5.Ga.O/c1-3-2;;/h3H,1-2H2;;. The van der Waals surface area contributed by atoms with E-state index >= 15 is 0 Å². The molecule has 0 bridgehead atoms. The summed E-state index contributed by atoms with van der Waals surface area (Å²) in [7, 11) is 0. The third-order valence-corrected chi connectivity index (χ3v) is 1.37. The van der Waals surface area contributed by atoms with E-state index in [1.807, 2.05) is 0 Å². The molecule has 1 nitrogen and oxygen atoms in total. The van der Waals surface area contributed by atoms with E-state index in [0.29, 0.717) is 0 Å². The predicted octanol–water partition coefficient (Wildman–Crippen LogP) is 0.640. The van der Waals surface area contributed by atoms with E-state index in [0.717, 1.165) is 4.98 Å². The molecule has 2 heteroatoms. The van der Waals surface area contributed by atoms with E-state index < -0.39 is 17.4 Å². The molecule has 26 valence electrons. The van der Waals surface area contributed by atoms with Gasteiger partial charge in [-0.15, -0.1) is 0 Å². The first-order valence-corrected chi connectivity index (χ1v) is 4.16. The molecule has 0 N–H and O–H groups in total. The first-order valence-electron chi connectivity index (χ1n) is 1.46. The van der Waals surface area contributed by atoms with Crippen molar-refractivity contribution in [1.29, 1.82) is 0 Å². The third-order valence-electron chi connectivity index (χ3n) is 0.263. The molecular formula is C3H5GaO. The molecule has 0 aliphatic rings. The van der Waals surface area contributed by atoms with Gasteiger partial charge in [-0.05, 0) is 0 Å². The molecule has 0 saturated heterocycles. The Morgan fingerprint density at radius 3 is 2.60 bits per heavy atom. The van der Waals surface area contributed by atoms with Crippen molar-refractivity contribution in [2.75, 3.05) is 0 Å². The van der Waals surface area contributed by atoms with Crippen LogP contribution in [0, 0.1) is 0 Å². The van der Waals surface area contributed by atoms with Gasteiger partial charge in [0.25, 0.3) is 0 Å². The molecule has 0 saturated carbocycles. The Kier molecular flexibility index (Phi) is 4.32. The van der Waals surface area contributed by atoms with Crippen LogP contribution in [0.1, 0.15) is 0 Å². The zero-order valence-electron chi connectivity index (χ0n) is 2.98. The fourth-order valence-corrected chi connectivity index (χ4v) is 0.354. The first kappa shape index (κ1) is 5.18. The van der Waals surface area contributed by atoms with Crippen molar-refractivity contribution in [3.63, 3.8) is 0 Å². The van der Waals surface area contributed by atoms with Gasteiger partial charge in [0.1, 0.15) is 0 Å². The summed E-state index contributed by atoms with van der Waals surface area (Å²) in [6.07, 6.45) is 1.69. The van der Waals surface area contributed by atoms with Crippen molar-refractivity contribution in [3.05, 3.63) is 12.7 Å². The van der Waals surface area contributed by atoms with Gasteiger partial charge in [0.2, 0.25) is 0 Å². The van der Waals surface area contributed by atoms with Crippen LogP contribution >= 0.6 is 0 Å². The molecule has 0 rings (SSSR count). The minimum absolute atomic E-state index is 0.753. The average molecular weight is 127 g/mol. The molecule has 0 heterocycles. The zero-order chi connectivity index (χ0) is 4.12. The van der Waals surface area contributed by atoms with Crippen LogP contribution < -0.4 is 0 Å². The maximum absolute atomic E-state index is 9.61. The fraction of sp³-hybridized carbons (Fsp3) is 0.333. The summed E-state index contributed by atoms with van der Waals surface area (Å²) in [6, 6.07) is 0. The van der Waals surface area contributed by atoms with Crippen LogP contribution in [0.4, 0.5) is 0 Å². The fourth-order valence-electron chi connectivity index (χ4n) is 0.0680. The summed E-state index contributed by atoms with van der Waals surface area (Å²) in [5, 5.41) is 0. The molecule has 0 aromatic rings. The number of hydrogen-bond donors (Lipinski definition) is 0. The molecule has 0 aliphatic carbocycles. The van der Waals surface area contributed by atoms with Crippen molar-refractivity contribution >= 4 is 17.4 Å². The van der Waals surface area contributed by atoms with E-state index in [-0.39, 0.29) is 0 Å². The molecular weight excluding hydrogens is 122 g/mol. The number of hydrogen-bond acceptors (Lipinski definition) is 1. The minimum atomic E-state index is -1.07. The van der Waals surface area contributed by atoms with Crippen molar-refractivity contribution in [3.8, 4) is 0 Å². The van der Waals surface area contributed by atoms with Crippen LogP contribution in [-0.2, 0) is 3.54 Å². The van der Waals surface area contributed by atoms with Gasteiger partial charge in [-0.2, -0.15) is 0 Å². The maximum atomic E-state index is 9.61. The van der Waals surface area contributed by atoms with E-state index in [1.54, 1.807) is 6.08 Å². The molecule has 5 heavy (non-hydrogen) atoms. The third kappa shape index (κ3) is 4.18. The van der Waals surface area contributed by atoms with Crippen molar-refractivity contribution < 1.29 is 3.54 Å². The van der Waals surface area contributed by atoms with Gasteiger partial charge in [-0.1, -0.05) is 0 Å². The van der Waals surface area contributed by atoms with Gasteiger partial charge in [0, 0.05) is 0 Å².